The van der Waals surface area contributed by atoms with Gasteiger partial charge in [0.05, 0.1) is 10.6 Å². The second-order valence-corrected chi connectivity index (χ2v) is 9.07. The van der Waals surface area contributed by atoms with Gasteiger partial charge in [-0.25, -0.2) is 13.6 Å². The van der Waals surface area contributed by atoms with Gasteiger partial charge >= 0.3 is 0 Å². The quantitative estimate of drug-likeness (QED) is 0.577. The zero-order chi connectivity index (χ0) is 23.5. The van der Waals surface area contributed by atoms with Crippen LogP contribution < -0.4 is 20.1 Å². The van der Waals surface area contributed by atoms with E-state index in [-0.39, 0.29) is 29.7 Å². The van der Waals surface area contributed by atoms with Crippen molar-refractivity contribution in [1.29, 1.82) is 0 Å². The Balaban J connectivity index is 1.73. The highest BCUT2D eigenvalue weighted by Gasteiger charge is 2.33. The van der Waals surface area contributed by atoms with Gasteiger partial charge in [-0.1, -0.05) is 19.1 Å². The summed E-state index contributed by atoms with van der Waals surface area (Å²) in [6.45, 7) is 3.39. The summed E-state index contributed by atoms with van der Waals surface area (Å²) in [6, 6.07) is 10.7. The molecule has 32 heavy (non-hydrogen) atoms. The topological polar surface area (TPSA) is 136 Å². The van der Waals surface area contributed by atoms with Crippen molar-refractivity contribution in [3.05, 3.63) is 53.6 Å². The molecule has 2 aromatic rings. The standard InChI is InChI=1S/C22H25N3O6S/c1-3-4-19(26)16-7-10-20-18(11-16)25(22(28)14(2)31-20)13-21(27)24-12-15-5-8-17(9-6-15)32(23,29)30/h5-11,14H,3-4,12-13H2,1-2H3,(H,24,27)(H2,23,29,30). The number of fused-ring (bicyclic) bond motifs is 1. The van der Waals surface area contributed by atoms with E-state index in [2.05, 4.69) is 5.32 Å². The van der Waals surface area contributed by atoms with Crippen LogP contribution in [0.4, 0.5) is 5.69 Å². The lowest BCUT2D eigenvalue weighted by Crippen LogP contribution is -2.48. The number of primary sulfonamides is 1. The van der Waals surface area contributed by atoms with Gasteiger partial charge in [-0.2, -0.15) is 0 Å². The summed E-state index contributed by atoms with van der Waals surface area (Å²) in [5.41, 5.74) is 1.50. The van der Waals surface area contributed by atoms with Crippen molar-refractivity contribution in [2.75, 3.05) is 11.4 Å². The average Bonchev–Trinajstić information content (AvgIpc) is 2.75. The Morgan fingerprint density at radius 3 is 2.47 bits per heavy atom. The monoisotopic (exact) mass is 459 g/mol. The molecule has 1 atom stereocenters. The molecule has 0 spiro atoms. The summed E-state index contributed by atoms with van der Waals surface area (Å²) in [6.07, 6.45) is 0.319. The number of amides is 2. The number of sulfonamides is 1. The molecule has 0 fully saturated rings. The van der Waals surface area contributed by atoms with Crippen molar-refractivity contribution in [2.45, 2.75) is 44.2 Å². The minimum absolute atomic E-state index is 0.0227. The zero-order valence-electron chi connectivity index (χ0n) is 17.8. The van der Waals surface area contributed by atoms with Crippen molar-refractivity contribution in [3.8, 4) is 5.75 Å². The highest BCUT2D eigenvalue weighted by molar-refractivity contribution is 7.89. The van der Waals surface area contributed by atoms with Crippen LogP contribution >= 0.6 is 0 Å². The number of Topliss-reactive ketones (excluding diaryl/α,β-unsaturated/α-hetero) is 1. The molecular formula is C22H25N3O6S. The van der Waals surface area contributed by atoms with Crippen LogP contribution in [0.2, 0.25) is 0 Å². The van der Waals surface area contributed by atoms with Crippen molar-refractivity contribution in [1.82, 2.24) is 5.32 Å². The molecule has 0 aliphatic carbocycles. The van der Waals surface area contributed by atoms with Crippen LogP contribution in [0.15, 0.2) is 47.4 Å². The number of hydrogen-bond acceptors (Lipinski definition) is 6. The number of benzene rings is 2. The third-order valence-electron chi connectivity index (χ3n) is 5.01. The molecule has 0 saturated heterocycles. The molecule has 0 bridgehead atoms. The van der Waals surface area contributed by atoms with Crippen LogP contribution in [-0.2, 0) is 26.2 Å². The highest BCUT2D eigenvalue weighted by Crippen LogP contribution is 2.35. The number of carbonyl (C=O) groups excluding carboxylic acids is 3. The van der Waals surface area contributed by atoms with Crippen LogP contribution in [-0.4, -0.2) is 38.7 Å². The molecule has 1 heterocycles. The number of ketones is 1. The molecule has 0 saturated carbocycles. The predicted octanol–water partition coefficient (Wildman–Crippen LogP) is 1.75. The molecule has 9 nitrogen and oxygen atoms in total. The first-order chi connectivity index (χ1) is 15.1. The van der Waals surface area contributed by atoms with E-state index in [0.717, 1.165) is 0 Å². The fraction of sp³-hybridized carbons (Fsp3) is 0.318. The molecule has 2 aromatic carbocycles. The van der Waals surface area contributed by atoms with E-state index in [0.29, 0.717) is 35.4 Å². The number of nitrogens with two attached hydrogens (primary N) is 1. The van der Waals surface area contributed by atoms with Gasteiger partial charge in [-0.15, -0.1) is 0 Å². The Hall–Kier alpha value is -3.24. The van der Waals surface area contributed by atoms with Gasteiger partial charge in [0.1, 0.15) is 12.3 Å². The van der Waals surface area contributed by atoms with Crippen molar-refractivity contribution in [3.63, 3.8) is 0 Å². The first-order valence-corrected chi connectivity index (χ1v) is 11.7. The molecule has 0 radical (unpaired) electrons. The first kappa shape index (κ1) is 23.4. The number of ether oxygens (including phenoxy) is 1. The van der Waals surface area contributed by atoms with E-state index in [1.165, 1.54) is 17.0 Å². The maximum Gasteiger partial charge on any atom is 0.268 e. The van der Waals surface area contributed by atoms with Crippen LogP contribution in [0.1, 0.15) is 42.6 Å². The average molecular weight is 460 g/mol. The third-order valence-corrected chi connectivity index (χ3v) is 5.94. The summed E-state index contributed by atoms with van der Waals surface area (Å²) in [5.74, 6) is -0.422. The Kier molecular flexibility index (Phi) is 6.95. The number of carbonyl (C=O) groups is 3. The molecule has 3 rings (SSSR count). The summed E-state index contributed by atoms with van der Waals surface area (Å²) >= 11 is 0. The summed E-state index contributed by atoms with van der Waals surface area (Å²) < 4.78 is 28.3. The maximum atomic E-state index is 12.7. The Labute approximate surface area is 186 Å². The number of nitrogens with one attached hydrogen (secondary N) is 1. The van der Waals surface area contributed by atoms with Crippen LogP contribution in [0.3, 0.4) is 0 Å². The van der Waals surface area contributed by atoms with Crippen LogP contribution in [0.5, 0.6) is 5.75 Å². The Morgan fingerprint density at radius 2 is 1.84 bits per heavy atom. The Morgan fingerprint density at radius 1 is 1.16 bits per heavy atom. The molecular weight excluding hydrogens is 434 g/mol. The maximum absolute atomic E-state index is 12.7. The molecule has 1 unspecified atom stereocenters. The molecule has 2 amide bonds. The van der Waals surface area contributed by atoms with E-state index in [1.807, 2.05) is 6.92 Å². The van der Waals surface area contributed by atoms with Gasteiger partial charge in [0.2, 0.25) is 15.9 Å². The highest BCUT2D eigenvalue weighted by atomic mass is 32.2. The summed E-state index contributed by atoms with van der Waals surface area (Å²) in [4.78, 5) is 38.8. The minimum Gasteiger partial charge on any atom is -0.479 e. The van der Waals surface area contributed by atoms with E-state index >= 15 is 0 Å². The third kappa shape index (κ3) is 5.32. The van der Waals surface area contributed by atoms with Gasteiger partial charge < -0.3 is 10.1 Å². The second-order valence-electron chi connectivity index (χ2n) is 7.51. The largest absolute Gasteiger partial charge is 0.479 e. The fourth-order valence-corrected chi connectivity index (χ4v) is 3.83. The SMILES string of the molecule is CCCC(=O)c1ccc2c(c1)N(CC(=O)NCc1ccc(S(N)(=O)=O)cc1)C(=O)C(C)O2. The molecule has 0 aromatic heterocycles. The van der Waals surface area contributed by atoms with Crippen molar-refractivity contribution < 1.29 is 27.5 Å². The number of anilines is 1. The fourth-order valence-electron chi connectivity index (χ4n) is 3.31. The van der Waals surface area contributed by atoms with Crippen LogP contribution in [0.25, 0.3) is 0 Å². The number of nitrogens with zero attached hydrogens (tertiary/aromatic N) is 1. The van der Waals surface area contributed by atoms with E-state index < -0.39 is 22.0 Å². The summed E-state index contributed by atoms with van der Waals surface area (Å²) in [5, 5.41) is 7.78. The van der Waals surface area contributed by atoms with E-state index in [1.54, 1.807) is 37.3 Å². The first-order valence-electron chi connectivity index (χ1n) is 10.1. The van der Waals surface area contributed by atoms with Crippen molar-refractivity contribution >= 4 is 33.3 Å². The number of rotatable bonds is 8. The molecule has 1 aliphatic rings. The minimum atomic E-state index is -3.79. The lowest BCUT2D eigenvalue weighted by Gasteiger charge is -2.32. The smallest absolute Gasteiger partial charge is 0.268 e. The summed E-state index contributed by atoms with van der Waals surface area (Å²) in [7, 11) is -3.79. The van der Waals surface area contributed by atoms with Gasteiger partial charge in [0.15, 0.2) is 11.9 Å². The van der Waals surface area contributed by atoms with Gasteiger partial charge in [-0.3, -0.25) is 19.3 Å². The van der Waals surface area contributed by atoms with Crippen LogP contribution in [0, 0.1) is 0 Å². The Bertz CT molecular complexity index is 1140. The lowest BCUT2D eigenvalue weighted by atomic mass is 10.0. The van der Waals surface area contributed by atoms with E-state index in [9.17, 15) is 22.8 Å². The molecule has 1 aliphatic heterocycles. The normalized spacial score (nSPS) is 15.7. The molecule has 10 heteroatoms. The van der Waals surface area contributed by atoms with Gasteiger partial charge in [-0.05, 0) is 49.2 Å². The zero-order valence-corrected chi connectivity index (χ0v) is 18.6. The molecule has 3 N–H and O–H groups in total. The van der Waals surface area contributed by atoms with E-state index in [4.69, 9.17) is 9.88 Å². The van der Waals surface area contributed by atoms with Crippen molar-refractivity contribution in [2.24, 2.45) is 5.14 Å². The number of hydrogen-bond donors (Lipinski definition) is 2. The predicted molar refractivity (Wildman–Crippen MR) is 118 cm³/mol. The van der Waals surface area contributed by atoms with Gasteiger partial charge in [0.25, 0.3) is 5.91 Å². The lowest BCUT2D eigenvalue weighted by molar-refractivity contribution is -0.128. The second kappa shape index (κ2) is 9.49. The molecule has 170 valence electrons. The van der Waals surface area contributed by atoms with Gasteiger partial charge in [0, 0.05) is 18.5 Å².